The van der Waals surface area contributed by atoms with Gasteiger partial charge in [-0.15, -0.1) is 0 Å². The predicted octanol–water partition coefficient (Wildman–Crippen LogP) is 1.84. The van der Waals surface area contributed by atoms with Crippen molar-refractivity contribution in [3.8, 4) is 5.75 Å². The molecule has 0 heterocycles. The lowest BCUT2D eigenvalue weighted by Crippen LogP contribution is -2.39. The zero-order valence-corrected chi connectivity index (χ0v) is 16.6. The lowest BCUT2D eigenvalue weighted by Gasteiger charge is -2.21. The minimum absolute atomic E-state index is 0.398. The highest BCUT2D eigenvalue weighted by Crippen LogP contribution is 2.18. The summed E-state index contributed by atoms with van der Waals surface area (Å²) in [5, 5.41) is 3.82. The highest BCUT2D eigenvalue weighted by atomic mass is 32.2. The maximum Gasteiger partial charge on any atom is 0.308 e. The Kier molecular flexibility index (Phi) is 6.89. The first-order valence-corrected chi connectivity index (χ1v) is 10.1. The monoisotopic (exact) mass is 403 g/mol. The number of nitrogens with zero attached hydrogens (tertiary/aromatic N) is 2. The molecule has 0 atom stereocenters. The van der Waals surface area contributed by atoms with Crippen LogP contribution in [0.1, 0.15) is 18.1 Å². The summed E-state index contributed by atoms with van der Waals surface area (Å²) >= 11 is 0. The van der Waals surface area contributed by atoms with E-state index in [0.717, 1.165) is 16.1 Å². The average Bonchev–Trinajstić information content (AvgIpc) is 2.60. The van der Waals surface area contributed by atoms with E-state index in [-0.39, 0.29) is 0 Å². The Bertz CT molecular complexity index is 985. The lowest BCUT2D eigenvalue weighted by atomic mass is 10.2. The molecule has 0 aliphatic heterocycles. The molecule has 0 saturated carbocycles. The minimum Gasteiger partial charge on any atom is -0.427 e. The van der Waals surface area contributed by atoms with Crippen molar-refractivity contribution in [1.29, 1.82) is 0 Å². The molecule has 0 saturated heterocycles. The van der Waals surface area contributed by atoms with Crippen molar-refractivity contribution in [1.82, 2.24) is 5.43 Å². The molecule has 0 unspecified atom stereocenters. The summed E-state index contributed by atoms with van der Waals surface area (Å²) in [6.07, 6.45) is 2.43. The van der Waals surface area contributed by atoms with Crippen LogP contribution in [0, 0.1) is 6.92 Å². The zero-order chi connectivity index (χ0) is 20.7. The predicted molar refractivity (Wildman–Crippen MR) is 107 cm³/mol. The fourth-order valence-electron chi connectivity index (χ4n) is 2.32. The molecular weight excluding hydrogens is 382 g/mol. The normalized spacial score (nSPS) is 11.2. The van der Waals surface area contributed by atoms with Gasteiger partial charge in [-0.25, -0.2) is 13.8 Å². The first-order chi connectivity index (χ1) is 13.1. The van der Waals surface area contributed by atoms with Gasteiger partial charge in [0.25, 0.3) is 5.91 Å². The van der Waals surface area contributed by atoms with Crippen molar-refractivity contribution in [3.63, 3.8) is 0 Å². The Morgan fingerprint density at radius 2 is 1.86 bits per heavy atom. The Morgan fingerprint density at radius 3 is 2.43 bits per heavy atom. The van der Waals surface area contributed by atoms with Gasteiger partial charge in [-0.3, -0.25) is 13.9 Å². The van der Waals surface area contributed by atoms with Crippen LogP contribution in [0.3, 0.4) is 0 Å². The summed E-state index contributed by atoms with van der Waals surface area (Å²) in [4.78, 5) is 23.0. The van der Waals surface area contributed by atoms with E-state index in [4.69, 9.17) is 4.74 Å². The first kappa shape index (κ1) is 21.1. The SMILES string of the molecule is CC(=O)Oc1ccc(/C=N\NC(=O)CN(c2cccc(C)c2)S(C)(=O)=O)cc1. The Morgan fingerprint density at radius 1 is 1.18 bits per heavy atom. The molecule has 8 nitrogen and oxygen atoms in total. The molecular formula is C19H21N3O5S. The van der Waals surface area contributed by atoms with Gasteiger partial charge in [-0.05, 0) is 54.4 Å². The highest BCUT2D eigenvalue weighted by Gasteiger charge is 2.20. The third-order valence-electron chi connectivity index (χ3n) is 3.52. The molecule has 0 bridgehead atoms. The number of sulfonamides is 1. The van der Waals surface area contributed by atoms with Gasteiger partial charge in [0.05, 0.1) is 18.2 Å². The molecule has 0 fully saturated rings. The number of aryl methyl sites for hydroxylation is 1. The number of nitrogens with one attached hydrogen (secondary N) is 1. The van der Waals surface area contributed by atoms with Crippen LogP contribution >= 0.6 is 0 Å². The van der Waals surface area contributed by atoms with Crippen molar-refractivity contribution < 1.29 is 22.7 Å². The molecule has 0 aliphatic rings. The van der Waals surface area contributed by atoms with Crippen LogP contribution in [0.25, 0.3) is 0 Å². The summed E-state index contributed by atoms with van der Waals surface area (Å²) in [6, 6.07) is 13.4. The summed E-state index contributed by atoms with van der Waals surface area (Å²) in [5.74, 6) is -0.604. The molecule has 9 heteroatoms. The molecule has 0 spiro atoms. The topological polar surface area (TPSA) is 105 Å². The highest BCUT2D eigenvalue weighted by molar-refractivity contribution is 7.92. The van der Waals surface area contributed by atoms with E-state index in [1.165, 1.54) is 13.1 Å². The van der Waals surface area contributed by atoms with E-state index in [1.54, 1.807) is 42.5 Å². The van der Waals surface area contributed by atoms with E-state index in [1.807, 2.05) is 13.0 Å². The van der Waals surface area contributed by atoms with E-state index in [2.05, 4.69) is 10.5 Å². The van der Waals surface area contributed by atoms with Crippen molar-refractivity contribution in [2.24, 2.45) is 5.10 Å². The number of anilines is 1. The van der Waals surface area contributed by atoms with Gasteiger partial charge in [0, 0.05) is 6.92 Å². The van der Waals surface area contributed by atoms with Crippen LogP contribution in [0.4, 0.5) is 5.69 Å². The summed E-state index contributed by atoms with van der Waals surface area (Å²) < 4.78 is 30.0. The molecule has 2 aromatic rings. The van der Waals surface area contributed by atoms with Crippen LogP contribution in [0.2, 0.25) is 0 Å². The number of hydrazone groups is 1. The second-order valence-electron chi connectivity index (χ2n) is 6.06. The number of carbonyl (C=O) groups is 2. The van der Waals surface area contributed by atoms with Gasteiger partial charge < -0.3 is 4.74 Å². The lowest BCUT2D eigenvalue weighted by molar-refractivity contribution is -0.131. The second-order valence-corrected chi connectivity index (χ2v) is 7.97. The molecule has 148 valence electrons. The van der Waals surface area contributed by atoms with Crippen LogP contribution < -0.4 is 14.5 Å². The van der Waals surface area contributed by atoms with Crippen LogP contribution in [-0.2, 0) is 19.6 Å². The van der Waals surface area contributed by atoms with Crippen molar-refractivity contribution in [3.05, 3.63) is 59.7 Å². The molecule has 0 aliphatic carbocycles. The smallest absolute Gasteiger partial charge is 0.308 e. The van der Waals surface area contributed by atoms with Gasteiger partial charge in [0.2, 0.25) is 10.0 Å². The average molecular weight is 403 g/mol. The fraction of sp³-hybridized carbons (Fsp3) is 0.211. The van der Waals surface area contributed by atoms with E-state index >= 15 is 0 Å². The fourth-order valence-corrected chi connectivity index (χ4v) is 3.16. The maximum absolute atomic E-state index is 12.1. The largest absolute Gasteiger partial charge is 0.427 e. The van der Waals surface area contributed by atoms with Gasteiger partial charge in [-0.2, -0.15) is 5.10 Å². The number of ether oxygens (including phenoxy) is 1. The number of esters is 1. The first-order valence-electron chi connectivity index (χ1n) is 8.30. The Hall–Kier alpha value is -3.20. The van der Waals surface area contributed by atoms with Gasteiger partial charge in [0.15, 0.2) is 0 Å². The number of hydrogen-bond donors (Lipinski definition) is 1. The number of hydrogen-bond acceptors (Lipinski definition) is 6. The third kappa shape index (κ3) is 6.51. The summed E-state index contributed by atoms with van der Waals surface area (Å²) in [6.45, 7) is 2.74. The molecule has 2 aromatic carbocycles. The zero-order valence-electron chi connectivity index (χ0n) is 15.7. The molecule has 28 heavy (non-hydrogen) atoms. The maximum atomic E-state index is 12.1. The minimum atomic E-state index is -3.64. The number of rotatable bonds is 7. The van der Waals surface area contributed by atoms with E-state index < -0.39 is 28.4 Å². The van der Waals surface area contributed by atoms with Crippen molar-refractivity contribution in [2.75, 3.05) is 17.1 Å². The van der Waals surface area contributed by atoms with Crippen molar-refractivity contribution >= 4 is 33.8 Å². The van der Waals surface area contributed by atoms with Crippen LogP contribution in [-0.4, -0.2) is 39.3 Å². The summed E-state index contributed by atoms with van der Waals surface area (Å²) in [5.41, 5.74) is 4.25. The van der Waals surface area contributed by atoms with Crippen LogP contribution in [0.5, 0.6) is 5.75 Å². The molecule has 2 rings (SSSR count). The number of carbonyl (C=O) groups excluding carboxylic acids is 2. The van der Waals surface area contributed by atoms with Crippen LogP contribution in [0.15, 0.2) is 53.6 Å². The van der Waals surface area contributed by atoms with E-state index in [0.29, 0.717) is 17.0 Å². The molecule has 0 radical (unpaired) electrons. The number of benzene rings is 2. The number of amides is 1. The third-order valence-corrected chi connectivity index (χ3v) is 4.66. The molecule has 0 aromatic heterocycles. The second kappa shape index (κ2) is 9.14. The molecule has 1 N–H and O–H groups in total. The standard InChI is InChI=1S/C19H21N3O5S/c1-14-5-4-6-17(11-14)22(28(3,25)26)13-19(24)21-20-12-16-7-9-18(10-8-16)27-15(2)23/h4-12H,13H2,1-3H3,(H,21,24)/b20-12-. The Balaban J connectivity index is 2.01. The van der Waals surface area contributed by atoms with Gasteiger partial charge in [0.1, 0.15) is 12.3 Å². The van der Waals surface area contributed by atoms with Crippen molar-refractivity contribution in [2.45, 2.75) is 13.8 Å². The quantitative estimate of drug-likeness (QED) is 0.329. The molecule has 1 amide bonds. The Labute approximate surface area is 163 Å². The van der Waals surface area contributed by atoms with E-state index in [9.17, 15) is 18.0 Å². The van der Waals surface area contributed by atoms with Gasteiger partial charge in [-0.1, -0.05) is 12.1 Å². The summed E-state index contributed by atoms with van der Waals surface area (Å²) in [7, 11) is -3.64. The van der Waals surface area contributed by atoms with Gasteiger partial charge >= 0.3 is 5.97 Å².